The van der Waals surface area contributed by atoms with Crippen LogP contribution in [0.3, 0.4) is 0 Å². The summed E-state index contributed by atoms with van der Waals surface area (Å²) in [5.41, 5.74) is -1.28. The third-order valence-corrected chi connectivity index (χ3v) is 5.67. The van der Waals surface area contributed by atoms with Gasteiger partial charge in [-0.2, -0.15) is 13.2 Å². The van der Waals surface area contributed by atoms with Crippen molar-refractivity contribution in [2.75, 3.05) is 13.1 Å². The number of aromatic nitrogens is 2. The number of benzene rings is 1. The highest BCUT2D eigenvalue weighted by molar-refractivity contribution is 6.30. The number of nitrogens with zero attached hydrogens (tertiary/aromatic N) is 3. The smallest absolute Gasteiger partial charge is 0.444 e. The van der Waals surface area contributed by atoms with E-state index in [0.29, 0.717) is 37.7 Å². The number of ether oxygens (including phenoxy) is 2. The Bertz CT molecular complexity index is 1090. The molecular weight excluding hydrogens is 516 g/mol. The van der Waals surface area contributed by atoms with Gasteiger partial charge in [-0.25, -0.2) is 14.8 Å². The van der Waals surface area contributed by atoms with E-state index in [1.54, 1.807) is 31.7 Å². The topological polar surface area (TPSA) is 64.5 Å². The molecule has 1 aromatic carbocycles. The zero-order chi connectivity index (χ0) is 26.9. The lowest BCUT2D eigenvalue weighted by Crippen LogP contribution is -2.41. The lowest BCUT2D eigenvalue weighted by molar-refractivity contribution is -0.274. The molecule has 0 spiro atoms. The minimum atomic E-state index is -4.99. The van der Waals surface area contributed by atoms with Crippen molar-refractivity contribution < 1.29 is 40.6 Å². The first-order valence-electron chi connectivity index (χ1n) is 11.0. The molecule has 36 heavy (non-hydrogen) atoms. The second-order valence-corrected chi connectivity index (χ2v) is 9.68. The standard InChI is InChI=1S/C23H24ClF6N3O3/c1-21(2,3)36-20(34)33-8-6-13(7-9-33)14-4-5-15(17(10-14)35-23(28,29)30)11-18-31-12-16(19(24)32-18)22(25,26)27/h4-5,10,12-13H,6-9,11H2,1-3H3. The van der Waals surface area contributed by atoms with Crippen molar-refractivity contribution in [3.05, 3.63) is 52.1 Å². The zero-order valence-corrected chi connectivity index (χ0v) is 20.4. The van der Waals surface area contributed by atoms with Gasteiger partial charge in [0.15, 0.2) is 0 Å². The Morgan fingerprint density at radius 2 is 1.75 bits per heavy atom. The molecule has 1 fully saturated rings. The molecule has 3 rings (SSSR count). The minimum Gasteiger partial charge on any atom is -0.444 e. The highest BCUT2D eigenvalue weighted by Gasteiger charge is 2.35. The fourth-order valence-electron chi connectivity index (χ4n) is 3.75. The fourth-order valence-corrected chi connectivity index (χ4v) is 4.01. The van der Waals surface area contributed by atoms with Crippen LogP contribution >= 0.6 is 11.6 Å². The van der Waals surface area contributed by atoms with E-state index < -0.39 is 40.7 Å². The number of alkyl halides is 6. The molecule has 6 nitrogen and oxygen atoms in total. The molecule has 0 unspecified atom stereocenters. The summed E-state index contributed by atoms with van der Waals surface area (Å²) in [6.45, 7) is 6.00. The van der Waals surface area contributed by atoms with Crippen molar-refractivity contribution in [1.29, 1.82) is 0 Å². The predicted octanol–water partition coefficient (Wildman–Crippen LogP) is 6.75. The number of hydrogen-bond donors (Lipinski definition) is 0. The van der Waals surface area contributed by atoms with Gasteiger partial charge >= 0.3 is 18.6 Å². The molecule has 0 radical (unpaired) electrons. The molecule has 1 aliphatic rings. The van der Waals surface area contributed by atoms with Crippen LogP contribution in [0.15, 0.2) is 24.4 Å². The Hall–Kier alpha value is -2.76. The van der Waals surface area contributed by atoms with Crippen LogP contribution in [0.25, 0.3) is 0 Å². The molecule has 13 heteroatoms. The van der Waals surface area contributed by atoms with Crippen molar-refractivity contribution in [2.45, 2.75) is 64.1 Å². The van der Waals surface area contributed by atoms with Gasteiger partial charge in [-0.15, -0.1) is 13.2 Å². The van der Waals surface area contributed by atoms with Gasteiger partial charge in [-0.3, -0.25) is 0 Å². The normalized spacial score (nSPS) is 15.7. The Balaban J connectivity index is 1.79. The molecule has 0 atom stereocenters. The van der Waals surface area contributed by atoms with Crippen LogP contribution in [0.4, 0.5) is 31.1 Å². The second-order valence-electron chi connectivity index (χ2n) is 9.32. The molecule has 1 amide bonds. The minimum absolute atomic E-state index is 0.0260. The zero-order valence-electron chi connectivity index (χ0n) is 19.6. The molecular formula is C23H24ClF6N3O3. The fraction of sp³-hybridized carbons (Fsp3) is 0.522. The Labute approximate surface area is 208 Å². The van der Waals surface area contributed by atoms with Crippen LogP contribution in [0, 0.1) is 0 Å². The summed E-state index contributed by atoms with van der Waals surface area (Å²) in [5, 5.41) is -0.848. The summed E-state index contributed by atoms with van der Waals surface area (Å²) in [7, 11) is 0. The van der Waals surface area contributed by atoms with Crippen molar-refractivity contribution in [2.24, 2.45) is 0 Å². The first-order valence-corrected chi connectivity index (χ1v) is 11.3. The highest BCUT2D eigenvalue weighted by Crippen LogP contribution is 2.36. The Kier molecular flexibility index (Phi) is 7.97. The van der Waals surface area contributed by atoms with E-state index in [-0.39, 0.29) is 23.7 Å². The SMILES string of the molecule is CC(C)(C)OC(=O)N1CCC(c2ccc(Cc3ncc(C(F)(F)F)c(Cl)n3)c(OC(F)(F)F)c2)CC1. The van der Waals surface area contributed by atoms with Crippen molar-refractivity contribution in [3.8, 4) is 5.75 Å². The van der Waals surface area contributed by atoms with Gasteiger partial charge in [0.05, 0.1) is 0 Å². The molecule has 0 bridgehead atoms. The number of piperidine rings is 1. The number of rotatable bonds is 4. The molecule has 2 heterocycles. The van der Waals surface area contributed by atoms with E-state index in [9.17, 15) is 31.1 Å². The van der Waals surface area contributed by atoms with Gasteiger partial charge in [0, 0.05) is 31.3 Å². The van der Waals surface area contributed by atoms with Crippen molar-refractivity contribution in [3.63, 3.8) is 0 Å². The maximum Gasteiger partial charge on any atom is 0.573 e. The molecule has 1 aromatic heterocycles. The Morgan fingerprint density at radius 3 is 2.28 bits per heavy atom. The summed E-state index contributed by atoms with van der Waals surface area (Å²) >= 11 is 5.60. The molecule has 1 aliphatic heterocycles. The number of carbonyl (C=O) groups excluding carboxylic acids is 1. The summed E-state index contributed by atoms with van der Waals surface area (Å²) in [4.78, 5) is 21.0. The first kappa shape index (κ1) is 27.8. The summed E-state index contributed by atoms with van der Waals surface area (Å²) in [6.07, 6.45) is -9.05. The van der Waals surface area contributed by atoms with Crippen LogP contribution in [0.5, 0.6) is 5.75 Å². The Morgan fingerprint density at radius 1 is 1.11 bits per heavy atom. The van der Waals surface area contributed by atoms with Gasteiger partial charge in [0.2, 0.25) is 0 Å². The van der Waals surface area contributed by atoms with Gasteiger partial charge in [-0.1, -0.05) is 23.7 Å². The number of likely N-dealkylation sites (tertiary alicyclic amines) is 1. The summed E-state index contributed by atoms with van der Waals surface area (Å²) in [6, 6.07) is 4.27. The van der Waals surface area contributed by atoms with E-state index in [2.05, 4.69) is 14.7 Å². The van der Waals surface area contributed by atoms with Crippen molar-refractivity contribution >= 4 is 17.7 Å². The maximum absolute atomic E-state index is 13.1. The number of carbonyl (C=O) groups is 1. The number of hydrogen-bond acceptors (Lipinski definition) is 5. The van der Waals surface area contributed by atoms with Crippen LogP contribution in [-0.4, -0.2) is 46.0 Å². The highest BCUT2D eigenvalue weighted by atomic mass is 35.5. The maximum atomic E-state index is 13.1. The van der Waals surface area contributed by atoms with Gasteiger partial charge in [0.1, 0.15) is 27.9 Å². The van der Waals surface area contributed by atoms with Crippen LogP contribution in [0.2, 0.25) is 5.15 Å². The molecule has 0 N–H and O–H groups in total. The largest absolute Gasteiger partial charge is 0.573 e. The average Bonchev–Trinajstić information content (AvgIpc) is 2.72. The number of halogens is 7. The van der Waals surface area contributed by atoms with Crippen molar-refractivity contribution in [1.82, 2.24) is 14.9 Å². The second kappa shape index (κ2) is 10.3. The molecule has 1 saturated heterocycles. The van der Waals surface area contributed by atoms with E-state index >= 15 is 0 Å². The molecule has 198 valence electrons. The monoisotopic (exact) mass is 539 g/mol. The van der Waals surface area contributed by atoms with E-state index in [4.69, 9.17) is 16.3 Å². The summed E-state index contributed by atoms with van der Waals surface area (Å²) < 4.78 is 87.5. The average molecular weight is 540 g/mol. The summed E-state index contributed by atoms with van der Waals surface area (Å²) in [5.74, 6) is -0.835. The van der Waals surface area contributed by atoms with Crippen LogP contribution < -0.4 is 4.74 Å². The third kappa shape index (κ3) is 7.62. The van der Waals surface area contributed by atoms with Gasteiger partial charge < -0.3 is 14.4 Å². The molecule has 0 saturated carbocycles. The van der Waals surface area contributed by atoms with Gasteiger partial charge in [-0.05, 0) is 51.2 Å². The molecule has 2 aromatic rings. The van der Waals surface area contributed by atoms with E-state index in [1.807, 2.05) is 0 Å². The third-order valence-electron chi connectivity index (χ3n) is 5.38. The lowest BCUT2D eigenvalue weighted by Gasteiger charge is -2.33. The van der Waals surface area contributed by atoms with Crippen LogP contribution in [-0.2, 0) is 17.3 Å². The first-order chi connectivity index (χ1) is 16.5. The number of amides is 1. The lowest BCUT2D eigenvalue weighted by atomic mass is 9.88. The molecule has 0 aliphatic carbocycles. The van der Waals surface area contributed by atoms with Crippen LogP contribution in [0.1, 0.15) is 62.0 Å². The quantitative estimate of drug-likeness (QED) is 0.317. The van der Waals surface area contributed by atoms with E-state index in [1.165, 1.54) is 12.1 Å². The predicted molar refractivity (Wildman–Crippen MR) is 118 cm³/mol. The van der Waals surface area contributed by atoms with E-state index in [0.717, 1.165) is 0 Å². The van der Waals surface area contributed by atoms with Gasteiger partial charge in [0.25, 0.3) is 0 Å².